The van der Waals surface area contributed by atoms with Crippen molar-refractivity contribution in [2.75, 3.05) is 13.7 Å². The summed E-state index contributed by atoms with van der Waals surface area (Å²) in [5.74, 6) is 0.00713. The molecule has 1 atom stereocenters. The molecule has 0 heterocycles. The van der Waals surface area contributed by atoms with Gasteiger partial charge in [0.1, 0.15) is 0 Å². The molecule has 1 unspecified atom stereocenters. The molecule has 1 fully saturated rings. The Kier molecular flexibility index (Phi) is 5.92. The van der Waals surface area contributed by atoms with Crippen LogP contribution >= 0.6 is 0 Å². The van der Waals surface area contributed by atoms with Crippen LogP contribution in [-0.2, 0) is 9.53 Å². The summed E-state index contributed by atoms with van der Waals surface area (Å²) in [6.45, 7) is 2.67. The molecule has 4 nitrogen and oxygen atoms in total. The minimum Gasteiger partial charge on any atom is -0.383 e. The van der Waals surface area contributed by atoms with Gasteiger partial charge in [-0.05, 0) is 19.3 Å². The Balaban J connectivity index is 2.49. The molecule has 0 bridgehead atoms. The predicted molar refractivity (Wildman–Crippen MR) is 68.7 cm³/mol. The standard InChI is InChI=1S/C13H26N2O2/c1-3-7-11(10-17-2)15-12(16)13(14)8-5-4-6-9-13/h11H,3-10,14H2,1-2H3,(H,15,16). The first-order valence-electron chi connectivity index (χ1n) is 6.71. The maximum Gasteiger partial charge on any atom is 0.240 e. The molecule has 1 amide bonds. The van der Waals surface area contributed by atoms with Gasteiger partial charge in [-0.15, -0.1) is 0 Å². The molecule has 0 aliphatic heterocycles. The zero-order chi connectivity index (χ0) is 12.7. The summed E-state index contributed by atoms with van der Waals surface area (Å²) >= 11 is 0. The van der Waals surface area contributed by atoms with Crippen LogP contribution in [0, 0.1) is 0 Å². The topological polar surface area (TPSA) is 64.3 Å². The number of carbonyl (C=O) groups is 1. The summed E-state index contributed by atoms with van der Waals surface area (Å²) in [5, 5.41) is 3.04. The van der Waals surface area contributed by atoms with Crippen molar-refractivity contribution in [1.29, 1.82) is 0 Å². The van der Waals surface area contributed by atoms with Gasteiger partial charge in [0.05, 0.1) is 18.2 Å². The second-order valence-electron chi connectivity index (χ2n) is 5.13. The quantitative estimate of drug-likeness (QED) is 0.743. The minimum absolute atomic E-state index is 0.00713. The number of nitrogens with two attached hydrogens (primary N) is 1. The molecule has 1 aliphatic rings. The highest BCUT2D eigenvalue weighted by Gasteiger charge is 2.35. The van der Waals surface area contributed by atoms with E-state index in [0.29, 0.717) is 6.61 Å². The monoisotopic (exact) mass is 242 g/mol. The number of carbonyl (C=O) groups excluding carboxylic acids is 1. The number of hydrogen-bond acceptors (Lipinski definition) is 3. The van der Waals surface area contributed by atoms with E-state index in [4.69, 9.17) is 10.5 Å². The lowest BCUT2D eigenvalue weighted by atomic mass is 9.81. The minimum atomic E-state index is -0.641. The predicted octanol–water partition coefficient (Wildman–Crippen LogP) is 1.58. The van der Waals surface area contributed by atoms with E-state index in [9.17, 15) is 4.79 Å². The Labute approximate surface area is 104 Å². The Morgan fingerprint density at radius 1 is 1.41 bits per heavy atom. The number of hydrogen-bond donors (Lipinski definition) is 2. The summed E-state index contributed by atoms with van der Waals surface area (Å²) in [5.41, 5.74) is 5.55. The molecule has 0 radical (unpaired) electrons. The number of amides is 1. The Morgan fingerprint density at radius 3 is 2.59 bits per heavy atom. The normalized spacial score (nSPS) is 20.9. The molecule has 17 heavy (non-hydrogen) atoms. The number of nitrogens with one attached hydrogen (secondary N) is 1. The summed E-state index contributed by atoms with van der Waals surface area (Å²) < 4.78 is 5.12. The fourth-order valence-corrected chi connectivity index (χ4v) is 2.49. The Morgan fingerprint density at radius 2 is 2.06 bits per heavy atom. The second-order valence-corrected chi connectivity index (χ2v) is 5.13. The average molecular weight is 242 g/mol. The lowest BCUT2D eigenvalue weighted by molar-refractivity contribution is -0.128. The zero-order valence-electron chi connectivity index (χ0n) is 11.1. The van der Waals surface area contributed by atoms with Crippen LogP contribution < -0.4 is 11.1 Å². The average Bonchev–Trinajstić information content (AvgIpc) is 2.30. The third-order valence-electron chi connectivity index (χ3n) is 3.54. The smallest absolute Gasteiger partial charge is 0.240 e. The SMILES string of the molecule is CCCC(COC)NC(=O)C1(N)CCCCC1. The van der Waals surface area contributed by atoms with Crippen molar-refractivity contribution in [3.05, 3.63) is 0 Å². The van der Waals surface area contributed by atoms with E-state index in [1.54, 1.807) is 7.11 Å². The van der Waals surface area contributed by atoms with E-state index in [1.165, 1.54) is 6.42 Å². The molecule has 0 saturated heterocycles. The van der Waals surface area contributed by atoms with Crippen molar-refractivity contribution in [1.82, 2.24) is 5.32 Å². The second kappa shape index (κ2) is 6.97. The number of methoxy groups -OCH3 is 1. The third-order valence-corrected chi connectivity index (χ3v) is 3.54. The van der Waals surface area contributed by atoms with Crippen LogP contribution in [0.2, 0.25) is 0 Å². The van der Waals surface area contributed by atoms with Crippen LogP contribution in [0.1, 0.15) is 51.9 Å². The summed E-state index contributed by atoms with van der Waals surface area (Å²) in [4.78, 5) is 12.2. The fraction of sp³-hybridized carbons (Fsp3) is 0.923. The van der Waals surface area contributed by atoms with Gasteiger partial charge >= 0.3 is 0 Å². The van der Waals surface area contributed by atoms with Gasteiger partial charge < -0.3 is 15.8 Å². The van der Waals surface area contributed by atoms with Crippen LogP contribution in [0.3, 0.4) is 0 Å². The van der Waals surface area contributed by atoms with Crippen molar-refractivity contribution in [2.24, 2.45) is 5.73 Å². The van der Waals surface area contributed by atoms with Gasteiger partial charge in [0.25, 0.3) is 0 Å². The highest BCUT2D eigenvalue weighted by atomic mass is 16.5. The van der Waals surface area contributed by atoms with Crippen LogP contribution in [-0.4, -0.2) is 31.2 Å². The Bertz CT molecular complexity index is 232. The van der Waals surface area contributed by atoms with Crippen molar-refractivity contribution in [2.45, 2.75) is 63.5 Å². The molecule has 100 valence electrons. The summed E-state index contributed by atoms with van der Waals surface area (Å²) in [6.07, 6.45) is 6.92. The van der Waals surface area contributed by atoms with Gasteiger partial charge in [-0.3, -0.25) is 4.79 Å². The molecule has 0 aromatic rings. The maximum atomic E-state index is 12.2. The van der Waals surface area contributed by atoms with Crippen LogP contribution in [0.15, 0.2) is 0 Å². The number of rotatable bonds is 6. The van der Waals surface area contributed by atoms with Crippen molar-refractivity contribution < 1.29 is 9.53 Å². The van der Waals surface area contributed by atoms with E-state index >= 15 is 0 Å². The van der Waals surface area contributed by atoms with Gasteiger partial charge in [0.2, 0.25) is 5.91 Å². The van der Waals surface area contributed by atoms with E-state index in [1.807, 2.05) is 0 Å². The van der Waals surface area contributed by atoms with Gasteiger partial charge in [-0.2, -0.15) is 0 Å². The molecular weight excluding hydrogens is 216 g/mol. The van der Waals surface area contributed by atoms with Crippen molar-refractivity contribution in [3.8, 4) is 0 Å². The lowest BCUT2D eigenvalue weighted by Crippen LogP contribution is -2.57. The van der Waals surface area contributed by atoms with Gasteiger partial charge in [0.15, 0.2) is 0 Å². The van der Waals surface area contributed by atoms with E-state index < -0.39 is 5.54 Å². The molecule has 3 N–H and O–H groups in total. The largest absolute Gasteiger partial charge is 0.383 e. The molecule has 1 aliphatic carbocycles. The molecule has 1 saturated carbocycles. The first-order valence-corrected chi connectivity index (χ1v) is 6.71. The first kappa shape index (κ1) is 14.5. The third kappa shape index (κ3) is 4.28. The van der Waals surface area contributed by atoms with Crippen LogP contribution in [0.4, 0.5) is 0 Å². The lowest BCUT2D eigenvalue weighted by Gasteiger charge is -2.33. The van der Waals surface area contributed by atoms with Gasteiger partial charge in [0, 0.05) is 7.11 Å². The number of ether oxygens (including phenoxy) is 1. The van der Waals surface area contributed by atoms with E-state index in [0.717, 1.165) is 38.5 Å². The highest BCUT2D eigenvalue weighted by Crippen LogP contribution is 2.26. The van der Waals surface area contributed by atoms with Crippen LogP contribution in [0.25, 0.3) is 0 Å². The zero-order valence-corrected chi connectivity index (χ0v) is 11.1. The molecule has 4 heteroatoms. The molecule has 0 spiro atoms. The van der Waals surface area contributed by atoms with Crippen LogP contribution in [0.5, 0.6) is 0 Å². The first-order chi connectivity index (χ1) is 8.12. The summed E-state index contributed by atoms with van der Waals surface area (Å²) in [6, 6.07) is 0.0971. The van der Waals surface area contributed by atoms with E-state index in [-0.39, 0.29) is 11.9 Å². The fourth-order valence-electron chi connectivity index (χ4n) is 2.49. The molecule has 1 rings (SSSR count). The molecular formula is C13H26N2O2. The summed E-state index contributed by atoms with van der Waals surface area (Å²) in [7, 11) is 1.66. The van der Waals surface area contributed by atoms with Crippen molar-refractivity contribution >= 4 is 5.91 Å². The molecule has 0 aromatic carbocycles. The van der Waals surface area contributed by atoms with Crippen molar-refractivity contribution in [3.63, 3.8) is 0 Å². The highest BCUT2D eigenvalue weighted by molar-refractivity contribution is 5.86. The van der Waals surface area contributed by atoms with Gasteiger partial charge in [-0.25, -0.2) is 0 Å². The molecule has 0 aromatic heterocycles. The van der Waals surface area contributed by atoms with E-state index in [2.05, 4.69) is 12.2 Å². The Hall–Kier alpha value is -0.610. The van der Waals surface area contributed by atoms with Gasteiger partial charge in [-0.1, -0.05) is 32.6 Å². The maximum absolute atomic E-state index is 12.2.